The van der Waals surface area contributed by atoms with Crippen LogP contribution in [0, 0.1) is 0 Å². The van der Waals surface area contributed by atoms with E-state index in [1.807, 2.05) is 0 Å². The third-order valence-electron chi connectivity index (χ3n) is 5.23. The van der Waals surface area contributed by atoms with Gasteiger partial charge in [-0.05, 0) is 57.2 Å². The second-order valence-corrected chi connectivity index (χ2v) is 7.14. The van der Waals surface area contributed by atoms with E-state index in [0.29, 0.717) is 12.1 Å². The zero-order valence-electron chi connectivity index (χ0n) is 14.4. The molecule has 1 aromatic rings. The minimum atomic E-state index is 0.678. The molecule has 2 aliphatic rings. The largest absolute Gasteiger partial charge is 0.381 e. The second kappa shape index (κ2) is 9.41. The highest BCUT2D eigenvalue weighted by Gasteiger charge is 2.22. The van der Waals surface area contributed by atoms with Crippen LogP contribution in [-0.2, 0) is 11.2 Å². The first kappa shape index (κ1) is 16.9. The fourth-order valence-corrected chi connectivity index (χ4v) is 3.91. The number of ether oxygens (including phenoxy) is 1. The number of nitrogens with zero attached hydrogens (tertiary/aromatic N) is 1. The maximum atomic E-state index is 5.48. The summed E-state index contributed by atoms with van der Waals surface area (Å²) in [5, 5.41) is 3.91. The summed E-state index contributed by atoms with van der Waals surface area (Å²) in [5.74, 6) is 0. The van der Waals surface area contributed by atoms with Crippen molar-refractivity contribution in [1.29, 1.82) is 0 Å². The lowest BCUT2D eigenvalue weighted by atomic mass is 10.1. The van der Waals surface area contributed by atoms with Gasteiger partial charge >= 0.3 is 0 Å². The van der Waals surface area contributed by atoms with Crippen molar-refractivity contribution in [3.8, 4) is 0 Å². The fourth-order valence-electron chi connectivity index (χ4n) is 3.91. The second-order valence-electron chi connectivity index (χ2n) is 7.14. The lowest BCUT2D eigenvalue weighted by Gasteiger charge is -2.30. The van der Waals surface area contributed by atoms with Crippen LogP contribution in [0.2, 0.25) is 0 Å². The van der Waals surface area contributed by atoms with Gasteiger partial charge in [0.15, 0.2) is 0 Å². The zero-order chi connectivity index (χ0) is 15.7. The standard InChI is InChI=1S/C20H32N2O/c1-2-7-18(8-3-1)9-6-14-22-13-5-4-10-20(17-22)21-19-11-15-23-16-12-19/h1-3,7-8,19-21H,4-6,9-17H2/t20-/m0/s1. The first-order chi connectivity index (χ1) is 11.4. The topological polar surface area (TPSA) is 24.5 Å². The van der Waals surface area contributed by atoms with Crippen LogP contribution in [0.25, 0.3) is 0 Å². The van der Waals surface area contributed by atoms with Crippen LogP contribution in [0.5, 0.6) is 0 Å². The number of rotatable bonds is 6. The molecule has 23 heavy (non-hydrogen) atoms. The molecule has 2 heterocycles. The van der Waals surface area contributed by atoms with Crippen LogP contribution in [0.3, 0.4) is 0 Å². The summed E-state index contributed by atoms with van der Waals surface area (Å²) in [6.45, 7) is 5.62. The minimum absolute atomic E-state index is 0.678. The molecule has 0 aliphatic carbocycles. The van der Waals surface area contributed by atoms with Gasteiger partial charge in [-0.1, -0.05) is 36.8 Å². The maximum Gasteiger partial charge on any atom is 0.0480 e. The molecule has 0 spiro atoms. The predicted octanol–water partition coefficient (Wildman–Crippen LogP) is 3.24. The smallest absolute Gasteiger partial charge is 0.0480 e. The minimum Gasteiger partial charge on any atom is -0.381 e. The van der Waals surface area contributed by atoms with E-state index >= 15 is 0 Å². The van der Waals surface area contributed by atoms with Crippen LogP contribution >= 0.6 is 0 Å². The Kier molecular flexibility index (Phi) is 6.93. The average Bonchev–Trinajstić information content (AvgIpc) is 2.82. The molecule has 1 aromatic carbocycles. The molecule has 0 saturated carbocycles. The van der Waals surface area contributed by atoms with Gasteiger partial charge in [0.05, 0.1) is 0 Å². The Morgan fingerprint density at radius 1 is 1.00 bits per heavy atom. The fraction of sp³-hybridized carbons (Fsp3) is 0.700. The Morgan fingerprint density at radius 3 is 2.65 bits per heavy atom. The first-order valence-electron chi connectivity index (χ1n) is 9.50. The van der Waals surface area contributed by atoms with Gasteiger partial charge in [-0.25, -0.2) is 0 Å². The van der Waals surface area contributed by atoms with E-state index in [1.165, 1.54) is 70.1 Å². The van der Waals surface area contributed by atoms with E-state index in [0.717, 1.165) is 13.2 Å². The molecule has 2 saturated heterocycles. The molecule has 0 bridgehead atoms. The van der Waals surface area contributed by atoms with Gasteiger partial charge in [-0.15, -0.1) is 0 Å². The molecule has 128 valence electrons. The normalized spacial score (nSPS) is 24.4. The van der Waals surface area contributed by atoms with Gasteiger partial charge in [0.25, 0.3) is 0 Å². The van der Waals surface area contributed by atoms with Crippen LogP contribution in [-0.4, -0.2) is 49.8 Å². The van der Waals surface area contributed by atoms with Gasteiger partial charge in [-0.3, -0.25) is 0 Å². The quantitative estimate of drug-likeness (QED) is 0.872. The molecule has 3 nitrogen and oxygen atoms in total. The first-order valence-corrected chi connectivity index (χ1v) is 9.50. The molecule has 3 heteroatoms. The monoisotopic (exact) mass is 316 g/mol. The van der Waals surface area contributed by atoms with E-state index in [9.17, 15) is 0 Å². The molecule has 1 N–H and O–H groups in total. The number of nitrogens with one attached hydrogen (secondary N) is 1. The van der Waals surface area contributed by atoms with E-state index in [1.54, 1.807) is 0 Å². The van der Waals surface area contributed by atoms with Crippen LogP contribution in [0.1, 0.15) is 44.1 Å². The van der Waals surface area contributed by atoms with E-state index < -0.39 is 0 Å². The van der Waals surface area contributed by atoms with Crippen molar-refractivity contribution in [2.45, 2.75) is 57.0 Å². The van der Waals surface area contributed by atoms with Crippen molar-refractivity contribution in [1.82, 2.24) is 10.2 Å². The summed E-state index contributed by atoms with van der Waals surface area (Å²) < 4.78 is 5.48. The van der Waals surface area contributed by atoms with Crippen molar-refractivity contribution < 1.29 is 4.74 Å². The van der Waals surface area contributed by atoms with Crippen LogP contribution < -0.4 is 5.32 Å². The van der Waals surface area contributed by atoms with Crippen molar-refractivity contribution in [2.24, 2.45) is 0 Å². The SMILES string of the molecule is c1ccc(CCCN2CCCC[C@H](NC3CCOCC3)C2)cc1. The zero-order valence-corrected chi connectivity index (χ0v) is 14.4. The molecule has 3 rings (SSSR count). The number of benzene rings is 1. The van der Waals surface area contributed by atoms with E-state index in [-0.39, 0.29) is 0 Å². The van der Waals surface area contributed by atoms with Crippen molar-refractivity contribution in [3.05, 3.63) is 35.9 Å². The van der Waals surface area contributed by atoms with Gasteiger partial charge < -0.3 is 15.0 Å². The summed E-state index contributed by atoms with van der Waals surface area (Å²) >= 11 is 0. The average molecular weight is 316 g/mol. The molecule has 0 unspecified atom stereocenters. The number of aryl methyl sites for hydroxylation is 1. The van der Waals surface area contributed by atoms with E-state index in [4.69, 9.17) is 4.74 Å². The lowest BCUT2D eigenvalue weighted by molar-refractivity contribution is 0.0730. The van der Waals surface area contributed by atoms with Gasteiger partial charge in [-0.2, -0.15) is 0 Å². The van der Waals surface area contributed by atoms with Gasteiger partial charge in [0.1, 0.15) is 0 Å². The number of hydrogen-bond donors (Lipinski definition) is 1. The lowest BCUT2D eigenvalue weighted by Crippen LogP contribution is -2.46. The Bertz CT molecular complexity index is 431. The maximum absolute atomic E-state index is 5.48. The molecule has 2 aliphatic heterocycles. The van der Waals surface area contributed by atoms with Crippen molar-refractivity contribution in [2.75, 3.05) is 32.8 Å². The van der Waals surface area contributed by atoms with Crippen LogP contribution in [0.4, 0.5) is 0 Å². The Morgan fingerprint density at radius 2 is 1.83 bits per heavy atom. The Hall–Kier alpha value is -0.900. The summed E-state index contributed by atoms with van der Waals surface area (Å²) in [4.78, 5) is 2.69. The van der Waals surface area contributed by atoms with Gasteiger partial charge in [0, 0.05) is 31.8 Å². The number of likely N-dealkylation sites (tertiary alicyclic amines) is 1. The molecule has 1 atom stereocenters. The summed E-state index contributed by atoms with van der Waals surface area (Å²) in [5.41, 5.74) is 1.47. The molecular weight excluding hydrogens is 284 g/mol. The third-order valence-corrected chi connectivity index (χ3v) is 5.23. The van der Waals surface area contributed by atoms with Crippen molar-refractivity contribution >= 4 is 0 Å². The molecule has 0 radical (unpaired) electrons. The highest BCUT2D eigenvalue weighted by atomic mass is 16.5. The Labute approximate surface area is 141 Å². The highest BCUT2D eigenvalue weighted by molar-refractivity contribution is 5.14. The molecule has 2 fully saturated rings. The third kappa shape index (κ3) is 5.91. The summed E-state index contributed by atoms with van der Waals surface area (Å²) in [6.07, 6.45) is 8.92. The predicted molar refractivity (Wildman–Crippen MR) is 95.8 cm³/mol. The highest BCUT2D eigenvalue weighted by Crippen LogP contribution is 2.15. The molecular formula is C20H32N2O. The van der Waals surface area contributed by atoms with Gasteiger partial charge in [0.2, 0.25) is 0 Å². The molecule has 0 aromatic heterocycles. The Balaban J connectivity index is 1.41. The summed E-state index contributed by atoms with van der Waals surface area (Å²) in [7, 11) is 0. The number of hydrogen-bond acceptors (Lipinski definition) is 3. The molecule has 0 amide bonds. The van der Waals surface area contributed by atoms with E-state index in [2.05, 4.69) is 40.5 Å². The summed E-state index contributed by atoms with van der Waals surface area (Å²) in [6, 6.07) is 12.3. The van der Waals surface area contributed by atoms with Crippen molar-refractivity contribution in [3.63, 3.8) is 0 Å². The van der Waals surface area contributed by atoms with Crippen LogP contribution in [0.15, 0.2) is 30.3 Å².